The number of carbonyl (C=O) groups excluding carboxylic acids is 1. The summed E-state index contributed by atoms with van der Waals surface area (Å²) in [4.78, 5) is 18.8. The zero-order valence-electron chi connectivity index (χ0n) is 16.0. The minimum absolute atomic E-state index is 0.0622. The smallest absolute Gasteiger partial charge is 0.255 e. The van der Waals surface area contributed by atoms with Gasteiger partial charge in [-0.1, -0.05) is 6.92 Å². The maximum atomic E-state index is 12.7. The standard InChI is InChI=1S/C21H27N3O3/c1-16-4-3-10-24(15-16)21(25)17-12-18(14-22-13-17)23-9-11-27-20-7-5-19(26-2)6-8-20/h5-8,12-14,16,23H,3-4,9-11,15H2,1-2H3. The average Bonchev–Trinajstić information content (AvgIpc) is 2.71. The van der Waals surface area contributed by atoms with Gasteiger partial charge in [-0.2, -0.15) is 0 Å². The summed E-state index contributed by atoms with van der Waals surface area (Å²) < 4.78 is 10.8. The number of hydrogen-bond acceptors (Lipinski definition) is 5. The number of piperidine rings is 1. The highest BCUT2D eigenvalue weighted by Gasteiger charge is 2.22. The van der Waals surface area contributed by atoms with Crippen LogP contribution in [0.3, 0.4) is 0 Å². The third-order valence-electron chi connectivity index (χ3n) is 4.69. The largest absolute Gasteiger partial charge is 0.497 e. The van der Waals surface area contributed by atoms with Gasteiger partial charge in [-0.15, -0.1) is 0 Å². The molecule has 0 radical (unpaired) electrons. The van der Waals surface area contributed by atoms with Gasteiger partial charge in [0.15, 0.2) is 0 Å². The number of hydrogen-bond donors (Lipinski definition) is 1. The fourth-order valence-electron chi connectivity index (χ4n) is 3.25. The van der Waals surface area contributed by atoms with Crippen molar-refractivity contribution in [2.45, 2.75) is 19.8 Å². The van der Waals surface area contributed by atoms with E-state index in [1.807, 2.05) is 35.2 Å². The first-order valence-electron chi connectivity index (χ1n) is 9.41. The zero-order valence-corrected chi connectivity index (χ0v) is 16.0. The number of likely N-dealkylation sites (tertiary alicyclic amines) is 1. The van der Waals surface area contributed by atoms with E-state index in [1.165, 1.54) is 6.42 Å². The minimum Gasteiger partial charge on any atom is -0.497 e. The number of nitrogens with one attached hydrogen (secondary N) is 1. The maximum Gasteiger partial charge on any atom is 0.255 e. The van der Waals surface area contributed by atoms with Gasteiger partial charge in [0, 0.05) is 32.0 Å². The van der Waals surface area contributed by atoms with Gasteiger partial charge in [0.2, 0.25) is 0 Å². The fourth-order valence-corrected chi connectivity index (χ4v) is 3.25. The Labute approximate surface area is 160 Å². The lowest BCUT2D eigenvalue weighted by molar-refractivity contribution is 0.0682. The molecule has 6 heteroatoms. The number of nitrogens with zero attached hydrogens (tertiary/aromatic N) is 2. The molecular formula is C21H27N3O3. The Bertz CT molecular complexity index is 749. The van der Waals surface area contributed by atoms with Crippen molar-refractivity contribution in [2.24, 2.45) is 5.92 Å². The normalized spacial score (nSPS) is 16.7. The molecule has 1 aromatic heterocycles. The monoisotopic (exact) mass is 369 g/mol. The Morgan fingerprint density at radius 2 is 2.04 bits per heavy atom. The van der Waals surface area contributed by atoms with Crippen molar-refractivity contribution in [1.29, 1.82) is 0 Å². The van der Waals surface area contributed by atoms with E-state index >= 15 is 0 Å². The quantitative estimate of drug-likeness (QED) is 0.758. The van der Waals surface area contributed by atoms with Crippen LogP contribution in [0.4, 0.5) is 5.69 Å². The van der Waals surface area contributed by atoms with E-state index in [0.717, 1.165) is 36.7 Å². The Morgan fingerprint density at radius 3 is 2.78 bits per heavy atom. The summed E-state index contributed by atoms with van der Waals surface area (Å²) in [7, 11) is 1.64. The molecule has 1 atom stereocenters. The van der Waals surface area contributed by atoms with Crippen molar-refractivity contribution >= 4 is 11.6 Å². The number of amides is 1. The summed E-state index contributed by atoms with van der Waals surface area (Å²) in [5.74, 6) is 2.22. The summed E-state index contributed by atoms with van der Waals surface area (Å²) in [5.41, 5.74) is 1.45. The first-order chi connectivity index (χ1) is 13.2. The van der Waals surface area contributed by atoms with Crippen LogP contribution in [-0.2, 0) is 0 Å². The molecule has 0 bridgehead atoms. The van der Waals surface area contributed by atoms with Crippen LogP contribution in [0.2, 0.25) is 0 Å². The maximum absolute atomic E-state index is 12.7. The fraction of sp³-hybridized carbons (Fsp3) is 0.429. The van der Waals surface area contributed by atoms with Crippen LogP contribution in [0, 0.1) is 5.92 Å². The van der Waals surface area contributed by atoms with Crippen molar-refractivity contribution < 1.29 is 14.3 Å². The number of pyridine rings is 1. The summed E-state index contributed by atoms with van der Waals surface area (Å²) in [6.07, 6.45) is 5.63. The second-order valence-corrected chi connectivity index (χ2v) is 6.91. The summed E-state index contributed by atoms with van der Waals surface area (Å²) in [5, 5.41) is 3.26. The molecule has 1 N–H and O–H groups in total. The predicted octanol–water partition coefficient (Wildman–Crippen LogP) is 3.45. The molecule has 1 amide bonds. The van der Waals surface area contributed by atoms with Crippen molar-refractivity contribution in [3.8, 4) is 11.5 Å². The second kappa shape index (κ2) is 9.26. The molecule has 2 aromatic rings. The number of ether oxygens (including phenoxy) is 2. The van der Waals surface area contributed by atoms with Gasteiger partial charge in [-0.25, -0.2) is 0 Å². The molecule has 1 fully saturated rings. The minimum atomic E-state index is 0.0622. The van der Waals surface area contributed by atoms with Gasteiger partial charge >= 0.3 is 0 Å². The molecule has 0 aliphatic carbocycles. The average molecular weight is 369 g/mol. The molecule has 6 nitrogen and oxygen atoms in total. The SMILES string of the molecule is COc1ccc(OCCNc2cncc(C(=O)N3CCCC(C)C3)c2)cc1. The number of anilines is 1. The molecule has 1 aliphatic rings. The highest BCUT2D eigenvalue weighted by molar-refractivity contribution is 5.94. The Hall–Kier alpha value is -2.76. The van der Waals surface area contributed by atoms with Crippen LogP contribution >= 0.6 is 0 Å². The van der Waals surface area contributed by atoms with E-state index in [-0.39, 0.29) is 5.91 Å². The Kier molecular flexibility index (Phi) is 6.52. The Balaban J connectivity index is 1.49. The number of methoxy groups -OCH3 is 1. The number of carbonyl (C=O) groups is 1. The molecular weight excluding hydrogens is 342 g/mol. The third kappa shape index (κ3) is 5.36. The van der Waals surface area contributed by atoms with Crippen LogP contribution in [0.1, 0.15) is 30.1 Å². The van der Waals surface area contributed by atoms with E-state index in [9.17, 15) is 4.79 Å². The molecule has 1 saturated heterocycles. The molecule has 1 unspecified atom stereocenters. The zero-order chi connectivity index (χ0) is 19.1. The van der Waals surface area contributed by atoms with Crippen molar-refractivity contribution in [1.82, 2.24) is 9.88 Å². The summed E-state index contributed by atoms with van der Waals surface area (Å²) >= 11 is 0. The first-order valence-corrected chi connectivity index (χ1v) is 9.41. The molecule has 2 heterocycles. The van der Waals surface area contributed by atoms with E-state index in [1.54, 1.807) is 19.5 Å². The van der Waals surface area contributed by atoms with E-state index in [2.05, 4.69) is 17.2 Å². The third-order valence-corrected chi connectivity index (χ3v) is 4.69. The molecule has 144 valence electrons. The Morgan fingerprint density at radius 1 is 1.26 bits per heavy atom. The molecule has 1 aromatic carbocycles. The van der Waals surface area contributed by atoms with E-state index < -0.39 is 0 Å². The van der Waals surface area contributed by atoms with Crippen LogP contribution in [-0.4, -0.2) is 49.1 Å². The number of aromatic nitrogens is 1. The summed E-state index contributed by atoms with van der Waals surface area (Å²) in [6, 6.07) is 9.34. The predicted molar refractivity (Wildman–Crippen MR) is 106 cm³/mol. The van der Waals surface area contributed by atoms with Crippen LogP contribution in [0.15, 0.2) is 42.7 Å². The highest BCUT2D eigenvalue weighted by Crippen LogP contribution is 2.19. The first kappa shape index (κ1) is 19.0. The number of benzene rings is 1. The second-order valence-electron chi connectivity index (χ2n) is 6.91. The summed E-state index contributed by atoms with van der Waals surface area (Å²) in [6.45, 7) is 4.97. The topological polar surface area (TPSA) is 63.7 Å². The van der Waals surface area contributed by atoms with E-state index in [0.29, 0.717) is 24.6 Å². The van der Waals surface area contributed by atoms with Gasteiger partial charge in [0.05, 0.1) is 18.4 Å². The lowest BCUT2D eigenvalue weighted by atomic mass is 10.00. The van der Waals surface area contributed by atoms with Gasteiger partial charge < -0.3 is 19.7 Å². The molecule has 1 aliphatic heterocycles. The van der Waals surface area contributed by atoms with Crippen LogP contribution < -0.4 is 14.8 Å². The van der Waals surface area contributed by atoms with Gasteiger partial charge in [0.25, 0.3) is 5.91 Å². The van der Waals surface area contributed by atoms with Crippen molar-refractivity contribution in [3.05, 3.63) is 48.3 Å². The highest BCUT2D eigenvalue weighted by atomic mass is 16.5. The van der Waals surface area contributed by atoms with Gasteiger partial charge in [0.1, 0.15) is 18.1 Å². The van der Waals surface area contributed by atoms with Crippen molar-refractivity contribution in [2.75, 3.05) is 38.7 Å². The molecule has 0 saturated carbocycles. The molecule has 27 heavy (non-hydrogen) atoms. The lowest BCUT2D eigenvalue weighted by Crippen LogP contribution is -2.39. The van der Waals surface area contributed by atoms with Gasteiger partial charge in [-0.05, 0) is 49.1 Å². The molecule has 3 rings (SSSR count). The lowest BCUT2D eigenvalue weighted by Gasteiger charge is -2.31. The number of rotatable bonds is 7. The van der Waals surface area contributed by atoms with Crippen LogP contribution in [0.25, 0.3) is 0 Å². The van der Waals surface area contributed by atoms with Crippen molar-refractivity contribution in [3.63, 3.8) is 0 Å². The molecule has 0 spiro atoms. The van der Waals surface area contributed by atoms with E-state index in [4.69, 9.17) is 9.47 Å². The van der Waals surface area contributed by atoms with Gasteiger partial charge in [-0.3, -0.25) is 9.78 Å². The van der Waals surface area contributed by atoms with Crippen LogP contribution in [0.5, 0.6) is 11.5 Å².